The predicted molar refractivity (Wildman–Crippen MR) is 104 cm³/mol. The Morgan fingerprint density at radius 1 is 1.23 bits per heavy atom. The monoisotopic (exact) mass is 347 g/mol. The van der Waals surface area contributed by atoms with Gasteiger partial charge in [-0.1, -0.05) is 17.7 Å². The van der Waals surface area contributed by atoms with Gasteiger partial charge in [0, 0.05) is 10.9 Å². The molecule has 0 saturated heterocycles. The van der Waals surface area contributed by atoms with E-state index in [9.17, 15) is 10.0 Å². The molecule has 0 aliphatic carbocycles. The fourth-order valence-electron chi connectivity index (χ4n) is 2.90. The minimum absolute atomic E-state index is 0.211. The van der Waals surface area contributed by atoms with E-state index in [0.29, 0.717) is 33.4 Å². The van der Waals surface area contributed by atoms with Crippen LogP contribution in [-0.2, 0) is 0 Å². The maximum Gasteiger partial charge on any atom is 0.488 e. The van der Waals surface area contributed by atoms with Gasteiger partial charge in [0.2, 0.25) is 0 Å². The van der Waals surface area contributed by atoms with Crippen molar-refractivity contribution in [1.29, 1.82) is 5.41 Å². The van der Waals surface area contributed by atoms with Crippen LogP contribution in [0.4, 0.5) is 5.69 Å². The molecule has 130 valence electrons. The van der Waals surface area contributed by atoms with Crippen molar-refractivity contribution in [3.8, 4) is 11.1 Å². The first kappa shape index (κ1) is 17.6. The van der Waals surface area contributed by atoms with Crippen LogP contribution in [0.1, 0.15) is 11.1 Å². The summed E-state index contributed by atoms with van der Waals surface area (Å²) in [6.07, 6.45) is 4.26. The number of aryl methyl sites for hydroxylation is 1. The van der Waals surface area contributed by atoms with Crippen LogP contribution >= 0.6 is 0 Å². The molecule has 0 unspecified atom stereocenters. The number of benzene rings is 2. The molecular weight excluding hydrogens is 329 g/mol. The zero-order chi connectivity index (χ0) is 18.8. The second kappa shape index (κ2) is 6.95. The Morgan fingerprint density at radius 3 is 2.69 bits per heavy atom. The number of nitrogens with one attached hydrogen (secondary N) is 1. The molecule has 8 heteroatoms. The van der Waals surface area contributed by atoms with Crippen molar-refractivity contribution in [2.75, 3.05) is 5.73 Å². The summed E-state index contributed by atoms with van der Waals surface area (Å²) >= 11 is 0. The highest BCUT2D eigenvalue weighted by Crippen LogP contribution is 2.29. The van der Waals surface area contributed by atoms with Crippen LogP contribution in [0.2, 0.25) is 0 Å². The number of fused-ring (bicyclic) bond motifs is 1. The van der Waals surface area contributed by atoms with Gasteiger partial charge in [-0.25, -0.2) is 0 Å². The van der Waals surface area contributed by atoms with Gasteiger partial charge in [0.05, 0.1) is 23.1 Å². The van der Waals surface area contributed by atoms with Gasteiger partial charge < -0.3 is 26.9 Å². The molecule has 0 saturated carbocycles. The van der Waals surface area contributed by atoms with Gasteiger partial charge in [-0.05, 0) is 54.0 Å². The first-order chi connectivity index (χ1) is 12.4. The van der Waals surface area contributed by atoms with Crippen LogP contribution in [0.3, 0.4) is 0 Å². The van der Waals surface area contributed by atoms with Crippen molar-refractivity contribution in [3.63, 3.8) is 0 Å². The Bertz CT molecular complexity index is 1030. The lowest BCUT2D eigenvalue weighted by Crippen LogP contribution is -2.32. The smallest absolute Gasteiger partial charge is 0.423 e. The molecule has 0 bridgehead atoms. The van der Waals surface area contributed by atoms with E-state index in [0.717, 1.165) is 10.9 Å². The second-order valence-corrected chi connectivity index (χ2v) is 5.93. The number of rotatable bonds is 4. The van der Waals surface area contributed by atoms with Gasteiger partial charge in [-0.15, -0.1) is 0 Å². The van der Waals surface area contributed by atoms with Crippen LogP contribution in [-0.4, -0.2) is 33.1 Å². The Kier molecular flexibility index (Phi) is 4.70. The summed E-state index contributed by atoms with van der Waals surface area (Å²) in [4.78, 5) is 0. The molecule has 3 aromatic rings. The first-order valence-corrected chi connectivity index (χ1v) is 7.91. The lowest BCUT2D eigenvalue weighted by Gasteiger charge is -2.15. The quantitative estimate of drug-likeness (QED) is 0.347. The van der Waals surface area contributed by atoms with E-state index in [1.807, 2.05) is 12.1 Å². The van der Waals surface area contributed by atoms with E-state index >= 15 is 0 Å². The molecule has 3 rings (SSSR count). The third kappa shape index (κ3) is 3.15. The molecule has 2 aromatic carbocycles. The maximum atomic E-state index is 9.65. The SMILES string of the molecule is Cc1cc(C(=N)/C=C\N)c(-c2ccc3c(N)cnnc3c2)cc1B(O)O. The summed E-state index contributed by atoms with van der Waals surface area (Å²) in [5.41, 5.74) is 15.8. The molecule has 0 atom stereocenters. The summed E-state index contributed by atoms with van der Waals surface area (Å²) in [6, 6.07) is 8.88. The Hall–Kier alpha value is -3.23. The lowest BCUT2D eigenvalue weighted by atomic mass is 9.74. The van der Waals surface area contributed by atoms with Gasteiger partial charge >= 0.3 is 7.12 Å². The van der Waals surface area contributed by atoms with E-state index in [1.54, 1.807) is 25.1 Å². The molecule has 0 spiro atoms. The molecule has 7 N–H and O–H groups in total. The fourth-order valence-corrected chi connectivity index (χ4v) is 2.90. The third-order valence-electron chi connectivity index (χ3n) is 4.22. The number of hydrogen-bond donors (Lipinski definition) is 5. The number of anilines is 1. The normalized spacial score (nSPS) is 11.2. The molecule has 0 radical (unpaired) electrons. The van der Waals surface area contributed by atoms with Crippen molar-refractivity contribution in [1.82, 2.24) is 10.2 Å². The number of nitrogens with two attached hydrogens (primary N) is 2. The van der Waals surface area contributed by atoms with E-state index < -0.39 is 7.12 Å². The minimum atomic E-state index is -1.61. The molecule has 0 aliphatic rings. The Morgan fingerprint density at radius 2 is 2.00 bits per heavy atom. The van der Waals surface area contributed by atoms with Gasteiger partial charge in [-0.3, -0.25) is 0 Å². The highest BCUT2D eigenvalue weighted by atomic mass is 16.4. The molecule has 1 aromatic heterocycles. The average Bonchev–Trinajstić information content (AvgIpc) is 2.61. The maximum absolute atomic E-state index is 9.65. The number of hydrogen-bond acceptors (Lipinski definition) is 7. The van der Waals surface area contributed by atoms with Crippen LogP contribution in [0.15, 0.2) is 48.8 Å². The lowest BCUT2D eigenvalue weighted by molar-refractivity contribution is 0.425. The van der Waals surface area contributed by atoms with E-state index in [1.165, 1.54) is 18.5 Å². The molecule has 26 heavy (non-hydrogen) atoms. The summed E-state index contributed by atoms with van der Waals surface area (Å²) in [5, 5.41) is 36.3. The summed E-state index contributed by atoms with van der Waals surface area (Å²) < 4.78 is 0. The average molecular weight is 347 g/mol. The summed E-state index contributed by atoms with van der Waals surface area (Å²) in [6.45, 7) is 1.76. The van der Waals surface area contributed by atoms with Crippen molar-refractivity contribution >= 4 is 34.9 Å². The topological polar surface area (TPSA) is 142 Å². The van der Waals surface area contributed by atoms with E-state index in [-0.39, 0.29) is 5.71 Å². The van der Waals surface area contributed by atoms with E-state index in [4.69, 9.17) is 16.9 Å². The molecule has 1 heterocycles. The number of aromatic nitrogens is 2. The van der Waals surface area contributed by atoms with Crippen LogP contribution in [0, 0.1) is 12.3 Å². The Balaban J connectivity index is 2.28. The van der Waals surface area contributed by atoms with Gasteiger partial charge in [0.15, 0.2) is 0 Å². The highest BCUT2D eigenvalue weighted by molar-refractivity contribution is 6.59. The first-order valence-electron chi connectivity index (χ1n) is 7.91. The van der Waals surface area contributed by atoms with Gasteiger partial charge in [0.25, 0.3) is 0 Å². The predicted octanol–water partition coefficient (Wildman–Crippen LogP) is 0.707. The van der Waals surface area contributed by atoms with Crippen molar-refractivity contribution in [2.45, 2.75) is 6.92 Å². The largest absolute Gasteiger partial charge is 0.488 e. The number of nitrogen functional groups attached to an aromatic ring is 1. The molecule has 0 amide bonds. The Labute approximate surface area is 150 Å². The van der Waals surface area contributed by atoms with E-state index in [2.05, 4.69) is 10.2 Å². The van der Waals surface area contributed by atoms with Crippen molar-refractivity contribution in [2.24, 2.45) is 5.73 Å². The number of allylic oxidation sites excluding steroid dienone is 1. The van der Waals surface area contributed by atoms with Crippen LogP contribution in [0.5, 0.6) is 0 Å². The number of nitrogens with zero attached hydrogens (tertiary/aromatic N) is 2. The summed E-state index contributed by atoms with van der Waals surface area (Å²) in [7, 11) is -1.61. The zero-order valence-electron chi connectivity index (χ0n) is 14.1. The third-order valence-corrected chi connectivity index (χ3v) is 4.22. The molecular formula is C18H18BN5O2. The molecule has 0 fully saturated rings. The second-order valence-electron chi connectivity index (χ2n) is 5.93. The zero-order valence-corrected chi connectivity index (χ0v) is 14.1. The minimum Gasteiger partial charge on any atom is -0.423 e. The van der Waals surface area contributed by atoms with Crippen molar-refractivity contribution in [3.05, 3.63) is 59.9 Å². The molecule has 7 nitrogen and oxygen atoms in total. The van der Waals surface area contributed by atoms with Crippen molar-refractivity contribution < 1.29 is 10.0 Å². The highest BCUT2D eigenvalue weighted by Gasteiger charge is 2.19. The standard InChI is InChI=1S/C18H18BN5O2/c1-10-6-14(16(21)4-5-20)13(8-15(10)19(25)26)11-2-3-12-17(22)9-23-24-18(12)7-11/h2-9,21,25-26H,20H2,1H3,(H2,22,24)/b5-4-,21-16?. The van der Waals surface area contributed by atoms with Gasteiger partial charge in [-0.2, -0.15) is 10.2 Å². The van der Waals surface area contributed by atoms with Crippen LogP contribution < -0.4 is 16.9 Å². The fraction of sp³-hybridized carbons (Fsp3) is 0.0556. The molecule has 0 aliphatic heterocycles. The summed E-state index contributed by atoms with van der Waals surface area (Å²) in [5.74, 6) is 0. The van der Waals surface area contributed by atoms with Crippen LogP contribution in [0.25, 0.3) is 22.0 Å². The van der Waals surface area contributed by atoms with Gasteiger partial charge in [0.1, 0.15) is 0 Å².